The average Bonchev–Trinajstić information content (AvgIpc) is 2.53. The predicted octanol–water partition coefficient (Wildman–Crippen LogP) is 1.08. The van der Waals surface area contributed by atoms with Crippen molar-refractivity contribution in [1.82, 2.24) is 9.80 Å². The van der Waals surface area contributed by atoms with Crippen molar-refractivity contribution >= 4 is 15.8 Å². The lowest BCUT2D eigenvalue weighted by atomic mass is 10.0. The highest BCUT2D eigenvalue weighted by molar-refractivity contribution is 7.92. The Bertz CT molecular complexity index is 625. The van der Waals surface area contributed by atoms with Gasteiger partial charge in [0.15, 0.2) is 9.84 Å². The minimum Gasteiger partial charge on any atom is -0.480 e. The molecule has 0 aromatic heterocycles. The second-order valence-corrected chi connectivity index (χ2v) is 8.64. The maximum Gasteiger partial charge on any atom is 0.318 e. The van der Waals surface area contributed by atoms with E-state index in [1.54, 1.807) is 0 Å². The normalized spacial score (nSPS) is 17.2. The van der Waals surface area contributed by atoms with Crippen molar-refractivity contribution in [3.05, 3.63) is 35.9 Å². The van der Waals surface area contributed by atoms with Crippen molar-refractivity contribution in [3.63, 3.8) is 0 Å². The molecule has 1 aliphatic heterocycles. The number of aliphatic carboxylic acids is 1. The molecule has 1 fully saturated rings. The molecule has 134 valence electrons. The first-order valence-electron chi connectivity index (χ1n) is 8.24. The fourth-order valence-corrected chi connectivity index (χ4v) is 4.17. The Morgan fingerprint density at radius 2 is 1.88 bits per heavy atom. The van der Waals surface area contributed by atoms with Crippen LogP contribution < -0.4 is 0 Å². The third-order valence-electron chi connectivity index (χ3n) is 4.53. The summed E-state index contributed by atoms with van der Waals surface area (Å²) >= 11 is 0. The second-order valence-electron chi connectivity index (χ2n) is 6.46. The number of likely N-dealkylation sites (tertiary alicyclic amines) is 1. The number of carboxylic acid groups (broad SMARTS) is 1. The molecule has 0 spiro atoms. The molecule has 0 aliphatic carbocycles. The summed E-state index contributed by atoms with van der Waals surface area (Å²) in [7, 11) is -1.59. The van der Waals surface area contributed by atoms with Crippen LogP contribution in [0.25, 0.3) is 0 Å². The van der Waals surface area contributed by atoms with E-state index in [0.29, 0.717) is 12.6 Å². The summed E-state index contributed by atoms with van der Waals surface area (Å²) in [6.07, 6.45) is 2.00. The Hall–Kier alpha value is -1.44. The molecule has 6 nitrogen and oxygen atoms in total. The van der Waals surface area contributed by atoms with Crippen LogP contribution in [0.15, 0.2) is 30.3 Å². The number of carbonyl (C=O) groups is 1. The zero-order chi connectivity index (χ0) is 17.6. The number of hydrogen-bond donors (Lipinski definition) is 1. The summed E-state index contributed by atoms with van der Waals surface area (Å²) in [5.41, 5.74) is 1.31. The molecule has 1 aromatic carbocycles. The standard InChI is InChI=1S/C17H26N2O4S/c1-18(11-12-24(22,23)14-17(20)21)16-7-9-19(10-8-16)13-15-5-3-2-4-6-15/h2-6,16H,7-14H2,1H3,(H,20,21). The van der Waals surface area contributed by atoms with Gasteiger partial charge in [0.2, 0.25) is 0 Å². The summed E-state index contributed by atoms with van der Waals surface area (Å²) < 4.78 is 23.3. The molecular formula is C17H26N2O4S. The molecule has 0 atom stereocenters. The van der Waals surface area contributed by atoms with E-state index in [2.05, 4.69) is 21.9 Å². The fraction of sp³-hybridized carbons (Fsp3) is 0.588. The number of carboxylic acids is 1. The van der Waals surface area contributed by atoms with Gasteiger partial charge in [0.25, 0.3) is 0 Å². The van der Waals surface area contributed by atoms with Gasteiger partial charge in [-0.2, -0.15) is 0 Å². The molecule has 7 heteroatoms. The zero-order valence-corrected chi connectivity index (χ0v) is 14.9. The van der Waals surface area contributed by atoms with Crippen molar-refractivity contribution in [3.8, 4) is 0 Å². The lowest BCUT2D eigenvalue weighted by molar-refractivity contribution is -0.134. The van der Waals surface area contributed by atoms with Crippen molar-refractivity contribution in [2.24, 2.45) is 0 Å². The van der Waals surface area contributed by atoms with Crippen LogP contribution in [-0.4, -0.2) is 73.5 Å². The van der Waals surface area contributed by atoms with Gasteiger partial charge in [0, 0.05) is 19.1 Å². The summed E-state index contributed by atoms with van der Waals surface area (Å²) in [6.45, 7) is 3.32. The number of nitrogens with zero attached hydrogens (tertiary/aromatic N) is 2. The maximum absolute atomic E-state index is 11.7. The van der Waals surface area contributed by atoms with Crippen LogP contribution >= 0.6 is 0 Å². The topological polar surface area (TPSA) is 77.9 Å². The Morgan fingerprint density at radius 1 is 1.25 bits per heavy atom. The number of benzene rings is 1. The van der Waals surface area contributed by atoms with E-state index in [1.807, 2.05) is 25.2 Å². The highest BCUT2D eigenvalue weighted by Crippen LogP contribution is 2.17. The summed E-state index contributed by atoms with van der Waals surface area (Å²) in [4.78, 5) is 15.0. The number of sulfone groups is 1. The molecule has 0 unspecified atom stereocenters. The molecule has 1 heterocycles. The third-order valence-corrected chi connectivity index (χ3v) is 6.02. The van der Waals surface area contributed by atoms with Gasteiger partial charge in [-0.3, -0.25) is 9.69 Å². The number of hydrogen-bond acceptors (Lipinski definition) is 5. The predicted molar refractivity (Wildman–Crippen MR) is 93.7 cm³/mol. The van der Waals surface area contributed by atoms with E-state index in [0.717, 1.165) is 32.5 Å². The Labute approximate surface area is 144 Å². The first kappa shape index (κ1) is 18.9. The van der Waals surface area contributed by atoms with Crippen molar-refractivity contribution < 1.29 is 18.3 Å². The molecule has 2 rings (SSSR count). The van der Waals surface area contributed by atoms with Gasteiger partial charge in [-0.25, -0.2) is 8.42 Å². The van der Waals surface area contributed by atoms with E-state index in [-0.39, 0.29) is 5.75 Å². The molecule has 1 aromatic rings. The van der Waals surface area contributed by atoms with Crippen molar-refractivity contribution in [2.45, 2.75) is 25.4 Å². The summed E-state index contributed by atoms with van der Waals surface area (Å²) in [5, 5.41) is 8.62. The van der Waals surface area contributed by atoms with Gasteiger partial charge >= 0.3 is 5.97 Å². The van der Waals surface area contributed by atoms with Gasteiger partial charge < -0.3 is 10.0 Å². The smallest absolute Gasteiger partial charge is 0.318 e. The molecule has 0 radical (unpaired) electrons. The van der Waals surface area contributed by atoms with Crippen molar-refractivity contribution in [1.29, 1.82) is 0 Å². The third kappa shape index (κ3) is 6.22. The van der Waals surface area contributed by atoms with Gasteiger partial charge in [0.1, 0.15) is 5.75 Å². The summed E-state index contributed by atoms with van der Waals surface area (Å²) in [5.74, 6) is -2.16. The molecule has 0 bridgehead atoms. The van der Waals surface area contributed by atoms with Gasteiger partial charge in [-0.05, 0) is 38.5 Å². The van der Waals surface area contributed by atoms with Crippen LogP contribution in [0.5, 0.6) is 0 Å². The zero-order valence-electron chi connectivity index (χ0n) is 14.1. The van der Waals surface area contributed by atoms with Crippen LogP contribution in [0.3, 0.4) is 0 Å². The van der Waals surface area contributed by atoms with Gasteiger partial charge in [-0.15, -0.1) is 0 Å². The minimum atomic E-state index is -3.52. The van der Waals surface area contributed by atoms with Crippen LogP contribution in [0.2, 0.25) is 0 Å². The van der Waals surface area contributed by atoms with Crippen molar-refractivity contribution in [2.75, 3.05) is 38.2 Å². The van der Waals surface area contributed by atoms with Crippen LogP contribution in [-0.2, 0) is 21.2 Å². The Balaban J connectivity index is 1.74. The van der Waals surface area contributed by atoms with Gasteiger partial charge in [-0.1, -0.05) is 30.3 Å². The van der Waals surface area contributed by atoms with E-state index < -0.39 is 21.6 Å². The van der Waals surface area contributed by atoms with Crippen LogP contribution in [0, 0.1) is 0 Å². The molecule has 24 heavy (non-hydrogen) atoms. The molecular weight excluding hydrogens is 328 g/mol. The molecule has 1 saturated heterocycles. The summed E-state index contributed by atoms with van der Waals surface area (Å²) in [6, 6.07) is 10.7. The molecule has 0 saturated carbocycles. The molecule has 0 amide bonds. The first-order chi connectivity index (χ1) is 11.4. The maximum atomic E-state index is 11.7. The van der Waals surface area contributed by atoms with Gasteiger partial charge in [0.05, 0.1) is 5.75 Å². The lowest BCUT2D eigenvalue weighted by Crippen LogP contribution is -2.44. The SMILES string of the molecule is CN(CCS(=O)(=O)CC(=O)O)C1CCN(Cc2ccccc2)CC1. The largest absolute Gasteiger partial charge is 0.480 e. The first-order valence-corrected chi connectivity index (χ1v) is 10.1. The van der Waals surface area contributed by atoms with E-state index in [9.17, 15) is 13.2 Å². The minimum absolute atomic E-state index is 0.0972. The highest BCUT2D eigenvalue weighted by Gasteiger charge is 2.24. The Morgan fingerprint density at radius 3 is 2.46 bits per heavy atom. The number of piperidine rings is 1. The average molecular weight is 354 g/mol. The quantitative estimate of drug-likeness (QED) is 0.753. The van der Waals surface area contributed by atoms with Crippen LogP contribution in [0.4, 0.5) is 0 Å². The molecule has 1 N–H and O–H groups in total. The van der Waals surface area contributed by atoms with Crippen LogP contribution in [0.1, 0.15) is 18.4 Å². The van der Waals surface area contributed by atoms with E-state index in [4.69, 9.17) is 5.11 Å². The monoisotopic (exact) mass is 354 g/mol. The molecule has 1 aliphatic rings. The number of rotatable bonds is 8. The lowest BCUT2D eigenvalue weighted by Gasteiger charge is -2.36. The fourth-order valence-electron chi connectivity index (χ4n) is 3.09. The van der Waals surface area contributed by atoms with E-state index in [1.165, 1.54) is 5.56 Å². The Kier molecular flexibility index (Phi) is 6.77. The van der Waals surface area contributed by atoms with E-state index >= 15 is 0 Å². The second kappa shape index (κ2) is 8.60. The highest BCUT2D eigenvalue weighted by atomic mass is 32.2.